The van der Waals surface area contributed by atoms with Crippen LogP contribution in [0.25, 0.3) is 5.69 Å². The van der Waals surface area contributed by atoms with Gasteiger partial charge in [0.1, 0.15) is 11.4 Å². The predicted octanol–water partition coefficient (Wildman–Crippen LogP) is 2.40. The van der Waals surface area contributed by atoms with Gasteiger partial charge in [0.25, 0.3) is 10.2 Å². The molecule has 218 valence electrons. The largest absolute Gasteiger partial charge is 0.486 e. The van der Waals surface area contributed by atoms with Gasteiger partial charge in [-0.1, -0.05) is 30.7 Å². The average molecular weight is 603 g/mol. The average Bonchev–Trinajstić information content (AvgIpc) is 3.72. The number of benzene rings is 1. The Morgan fingerprint density at radius 2 is 1.85 bits per heavy atom. The van der Waals surface area contributed by atoms with E-state index in [4.69, 9.17) is 16.3 Å². The molecule has 1 saturated heterocycles. The molecule has 1 saturated carbocycles. The molecule has 1 aliphatic heterocycles. The van der Waals surface area contributed by atoms with Gasteiger partial charge in [0, 0.05) is 36.6 Å². The Hall–Kier alpha value is -3.52. The van der Waals surface area contributed by atoms with Gasteiger partial charge in [0.2, 0.25) is 5.75 Å². The number of nitrogens with one attached hydrogen (secondary N) is 1. The van der Waals surface area contributed by atoms with Crippen LogP contribution in [0.1, 0.15) is 35.9 Å². The number of piperazine rings is 1. The lowest BCUT2D eigenvalue weighted by atomic mass is 10.2. The van der Waals surface area contributed by atoms with Crippen molar-refractivity contribution in [3.05, 3.63) is 75.4 Å². The molecule has 14 heteroatoms. The maximum absolute atomic E-state index is 13.6. The Kier molecular flexibility index (Phi) is 8.32. The summed E-state index contributed by atoms with van der Waals surface area (Å²) in [5.41, 5.74) is 1.14. The number of methoxy groups -OCH3 is 1. The Morgan fingerprint density at radius 3 is 2.54 bits per heavy atom. The van der Waals surface area contributed by atoms with Crippen LogP contribution < -0.4 is 19.9 Å². The number of rotatable bonds is 10. The molecule has 2 fully saturated rings. The molecule has 5 rings (SSSR count). The molecular formula is C27H31ClN6O6S. The molecule has 3 heterocycles. The van der Waals surface area contributed by atoms with Crippen LogP contribution >= 0.6 is 11.6 Å². The van der Waals surface area contributed by atoms with Crippen molar-refractivity contribution < 1.29 is 22.7 Å². The topological polar surface area (TPSA) is 136 Å². The van der Waals surface area contributed by atoms with Gasteiger partial charge < -0.3 is 14.4 Å². The van der Waals surface area contributed by atoms with E-state index in [1.165, 1.54) is 22.2 Å². The molecule has 0 unspecified atom stereocenters. The van der Waals surface area contributed by atoms with Gasteiger partial charge >= 0.3 is 11.5 Å². The Labute approximate surface area is 243 Å². The maximum Gasteiger partial charge on any atom is 0.356 e. The van der Waals surface area contributed by atoms with Crippen LogP contribution in [-0.2, 0) is 21.5 Å². The molecule has 1 aromatic carbocycles. The standard InChI is InChI=1S/C27H31ClN6O6S/c1-27(9-10-27)18-40-24-23(17-29-34(25(24)35)21-7-3-5-19(28)15-21)32-11-13-33(14-12-32)41(37,38)30-16-20-6-4-8-22(31-20)26(36)39-2/h3-8,15,17,30H,9-14,16,18H2,1-2H3. The van der Waals surface area contributed by atoms with E-state index in [0.717, 1.165) is 12.8 Å². The van der Waals surface area contributed by atoms with Gasteiger partial charge in [-0.3, -0.25) is 4.79 Å². The summed E-state index contributed by atoms with van der Waals surface area (Å²) in [6, 6.07) is 11.6. The Bertz CT molecular complexity index is 1600. The van der Waals surface area contributed by atoms with Gasteiger partial charge in [-0.15, -0.1) is 0 Å². The van der Waals surface area contributed by atoms with E-state index in [-0.39, 0.29) is 36.5 Å². The first-order chi connectivity index (χ1) is 19.6. The number of carbonyl (C=O) groups excluding carboxylic acids is 1. The fourth-order valence-electron chi connectivity index (χ4n) is 4.41. The number of esters is 1. The number of hydrogen-bond acceptors (Lipinski definition) is 9. The molecule has 12 nitrogen and oxygen atoms in total. The monoisotopic (exact) mass is 602 g/mol. The van der Waals surface area contributed by atoms with Crippen LogP contribution in [-0.4, -0.2) is 73.4 Å². The van der Waals surface area contributed by atoms with Crippen LogP contribution in [0.4, 0.5) is 5.69 Å². The number of pyridine rings is 1. The second-order valence-corrected chi connectivity index (χ2v) is 12.6. The highest BCUT2D eigenvalue weighted by Crippen LogP contribution is 2.45. The zero-order chi connectivity index (χ0) is 29.2. The first-order valence-corrected chi connectivity index (χ1v) is 15.0. The maximum atomic E-state index is 13.6. The first kappa shape index (κ1) is 29.0. The highest BCUT2D eigenvalue weighted by Gasteiger charge is 2.39. The van der Waals surface area contributed by atoms with Crippen molar-refractivity contribution in [1.29, 1.82) is 0 Å². The summed E-state index contributed by atoms with van der Waals surface area (Å²) in [5.74, 6) is -0.422. The molecule has 0 radical (unpaired) electrons. The van der Waals surface area contributed by atoms with Gasteiger partial charge in [0.15, 0.2) is 0 Å². The van der Waals surface area contributed by atoms with Gasteiger partial charge in [-0.2, -0.15) is 27.2 Å². The normalized spacial score (nSPS) is 16.8. The van der Waals surface area contributed by atoms with Crippen molar-refractivity contribution in [2.45, 2.75) is 26.3 Å². The molecule has 1 N–H and O–H groups in total. The molecule has 2 aromatic heterocycles. The van der Waals surface area contributed by atoms with Crippen molar-refractivity contribution in [2.24, 2.45) is 5.41 Å². The van der Waals surface area contributed by atoms with Crippen LogP contribution in [0.2, 0.25) is 5.02 Å². The quantitative estimate of drug-likeness (QED) is 0.347. The summed E-state index contributed by atoms with van der Waals surface area (Å²) in [5, 5.41) is 4.86. The molecule has 0 bridgehead atoms. The third-order valence-corrected chi connectivity index (χ3v) is 8.98. The summed E-state index contributed by atoms with van der Waals surface area (Å²) >= 11 is 6.14. The molecule has 0 atom stereocenters. The highest BCUT2D eigenvalue weighted by atomic mass is 35.5. The number of ether oxygens (including phenoxy) is 2. The second kappa shape index (κ2) is 11.8. The number of halogens is 1. The summed E-state index contributed by atoms with van der Waals surface area (Å²) < 4.78 is 42.0. The zero-order valence-corrected chi connectivity index (χ0v) is 24.3. The summed E-state index contributed by atoms with van der Waals surface area (Å²) in [4.78, 5) is 31.4. The van der Waals surface area contributed by atoms with Crippen molar-refractivity contribution in [3.8, 4) is 11.4 Å². The van der Waals surface area contributed by atoms with Crippen LogP contribution in [0.15, 0.2) is 53.5 Å². The third-order valence-electron chi connectivity index (χ3n) is 7.19. The molecule has 0 amide bonds. The Balaban J connectivity index is 1.30. The highest BCUT2D eigenvalue weighted by molar-refractivity contribution is 7.87. The smallest absolute Gasteiger partial charge is 0.356 e. The van der Waals surface area contributed by atoms with Crippen molar-refractivity contribution in [3.63, 3.8) is 0 Å². The van der Waals surface area contributed by atoms with Gasteiger partial charge in [0.05, 0.1) is 37.8 Å². The SMILES string of the molecule is COC(=O)c1cccc(CNS(=O)(=O)N2CCN(c3cnn(-c4cccc(Cl)c4)c(=O)c3OCC3(C)CC3)CC2)n1. The fraction of sp³-hybridized carbons (Fsp3) is 0.407. The lowest BCUT2D eigenvalue weighted by molar-refractivity contribution is 0.0593. The van der Waals surface area contributed by atoms with Gasteiger partial charge in [-0.05, 0) is 43.2 Å². The summed E-state index contributed by atoms with van der Waals surface area (Å²) in [6.45, 7) is 3.44. The van der Waals surface area contributed by atoms with Crippen molar-refractivity contribution >= 4 is 33.5 Å². The summed E-state index contributed by atoms with van der Waals surface area (Å²) in [7, 11) is -2.59. The van der Waals surface area contributed by atoms with Crippen LogP contribution in [0.5, 0.6) is 5.75 Å². The third kappa shape index (κ3) is 6.70. The van der Waals surface area contributed by atoms with Crippen LogP contribution in [0, 0.1) is 5.41 Å². The number of nitrogens with zero attached hydrogens (tertiary/aromatic N) is 5. The van der Waals surface area contributed by atoms with Crippen molar-refractivity contribution in [2.75, 3.05) is 44.8 Å². The van der Waals surface area contributed by atoms with E-state index in [2.05, 4.69) is 26.5 Å². The van der Waals surface area contributed by atoms with E-state index in [9.17, 15) is 18.0 Å². The van der Waals surface area contributed by atoms with Crippen molar-refractivity contribution in [1.82, 2.24) is 23.8 Å². The minimum Gasteiger partial charge on any atom is -0.486 e. The molecule has 3 aromatic rings. The number of anilines is 1. The van der Waals surface area contributed by atoms with E-state index in [1.807, 2.05) is 4.90 Å². The molecular weight excluding hydrogens is 572 g/mol. The second-order valence-electron chi connectivity index (χ2n) is 10.4. The molecule has 2 aliphatic rings. The predicted molar refractivity (Wildman–Crippen MR) is 153 cm³/mol. The minimum absolute atomic E-state index is 0.0392. The van der Waals surface area contributed by atoms with E-state index < -0.39 is 21.7 Å². The first-order valence-electron chi connectivity index (χ1n) is 13.1. The number of hydrogen-bond donors (Lipinski definition) is 1. The molecule has 1 aliphatic carbocycles. The van der Waals surface area contributed by atoms with E-state index >= 15 is 0 Å². The van der Waals surface area contributed by atoms with E-state index in [1.54, 1.807) is 42.6 Å². The van der Waals surface area contributed by atoms with Crippen LogP contribution in [0.3, 0.4) is 0 Å². The summed E-state index contributed by atoms with van der Waals surface area (Å²) in [6.07, 6.45) is 3.64. The lowest BCUT2D eigenvalue weighted by Crippen LogP contribution is -2.52. The van der Waals surface area contributed by atoms with E-state index in [0.29, 0.717) is 41.8 Å². The molecule has 41 heavy (non-hydrogen) atoms. The molecule has 0 spiro atoms. The fourth-order valence-corrected chi connectivity index (χ4v) is 5.75. The Morgan fingerprint density at radius 1 is 1.12 bits per heavy atom. The minimum atomic E-state index is -3.84. The zero-order valence-electron chi connectivity index (χ0n) is 22.7. The number of carbonyl (C=O) groups is 1. The lowest BCUT2D eigenvalue weighted by Gasteiger charge is -2.35. The van der Waals surface area contributed by atoms with Gasteiger partial charge in [-0.25, -0.2) is 9.78 Å². The number of aromatic nitrogens is 3.